The molecule has 1 rings (SSSR count). The van der Waals surface area contributed by atoms with Crippen molar-refractivity contribution >= 4 is 0 Å². The van der Waals surface area contributed by atoms with Crippen LogP contribution in [0.15, 0.2) is 0 Å². The van der Waals surface area contributed by atoms with Gasteiger partial charge in [0.05, 0.1) is 0 Å². The van der Waals surface area contributed by atoms with Crippen LogP contribution in [0.3, 0.4) is 0 Å². The Hall–Kier alpha value is -0.0400. The molecule has 108 valence electrons. The van der Waals surface area contributed by atoms with Crippen LogP contribution in [-0.4, -0.2) is 12.6 Å². The van der Waals surface area contributed by atoms with Crippen LogP contribution in [0.4, 0.5) is 0 Å². The first-order valence-corrected chi connectivity index (χ1v) is 8.60. The zero-order valence-electron chi connectivity index (χ0n) is 12.8. The number of hydrogen-bond donors (Lipinski definition) is 1. The van der Waals surface area contributed by atoms with Crippen LogP contribution in [0.5, 0.6) is 0 Å². The largest absolute Gasteiger partial charge is 0.314 e. The average Bonchev–Trinajstić information content (AvgIpc) is 2.88. The zero-order chi connectivity index (χ0) is 13.1. The van der Waals surface area contributed by atoms with Crippen molar-refractivity contribution in [3.8, 4) is 0 Å². The van der Waals surface area contributed by atoms with Crippen LogP contribution in [0.25, 0.3) is 0 Å². The van der Waals surface area contributed by atoms with Gasteiger partial charge in [0, 0.05) is 6.04 Å². The van der Waals surface area contributed by atoms with Gasteiger partial charge in [0.1, 0.15) is 0 Å². The first-order valence-electron chi connectivity index (χ1n) is 8.60. The van der Waals surface area contributed by atoms with Gasteiger partial charge in [-0.1, -0.05) is 71.6 Å². The normalized spacial score (nSPS) is 18.3. The lowest BCUT2D eigenvalue weighted by atomic mass is 9.95. The predicted molar refractivity (Wildman–Crippen MR) is 82.0 cm³/mol. The SMILES string of the molecule is CCCCCCCC(CCC1CCCC1)NCC. The van der Waals surface area contributed by atoms with Gasteiger partial charge in [-0.25, -0.2) is 0 Å². The second-order valence-corrected chi connectivity index (χ2v) is 6.19. The zero-order valence-corrected chi connectivity index (χ0v) is 12.8. The second-order valence-electron chi connectivity index (χ2n) is 6.19. The van der Waals surface area contributed by atoms with Gasteiger partial charge in [-0.05, 0) is 31.7 Å². The van der Waals surface area contributed by atoms with Crippen molar-refractivity contribution in [3.05, 3.63) is 0 Å². The molecule has 1 unspecified atom stereocenters. The van der Waals surface area contributed by atoms with Crippen molar-refractivity contribution in [2.75, 3.05) is 6.54 Å². The molecule has 0 heterocycles. The van der Waals surface area contributed by atoms with Gasteiger partial charge >= 0.3 is 0 Å². The van der Waals surface area contributed by atoms with Gasteiger partial charge in [-0.2, -0.15) is 0 Å². The maximum atomic E-state index is 3.70. The van der Waals surface area contributed by atoms with Crippen LogP contribution in [0.2, 0.25) is 0 Å². The molecule has 0 aromatic carbocycles. The summed E-state index contributed by atoms with van der Waals surface area (Å²) in [5, 5.41) is 3.70. The molecule has 1 fully saturated rings. The number of hydrogen-bond acceptors (Lipinski definition) is 1. The number of unbranched alkanes of at least 4 members (excludes halogenated alkanes) is 4. The fourth-order valence-electron chi connectivity index (χ4n) is 3.37. The van der Waals surface area contributed by atoms with Gasteiger partial charge in [-0.3, -0.25) is 0 Å². The molecule has 0 aromatic heterocycles. The van der Waals surface area contributed by atoms with E-state index in [-0.39, 0.29) is 0 Å². The third-order valence-electron chi connectivity index (χ3n) is 4.55. The Bertz CT molecular complexity index is 172. The van der Waals surface area contributed by atoms with E-state index in [2.05, 4.69) is 19.2 Å². The fourth-order valence-corrected chi connectivity index (χ4v) is 3.37. The highest BCUT2D eigenvalue weighted by Crippen LogP contribution is 2.29. The minimum Gasteiger partial charge on any atom is -0.314 e. The standard InChI is InChI=1S/C17H35N/c1-3-5-6-7-8-13-17(18-4-2)15-14-16-11-9-10-12-16/h16-18H,3-15H2,1-2H3. The highest BCUT2D eigenvalue weighted by Gasteiger charge is 2.16. The Morgan fingerprint density at radius 1 is 0.944 bits per heavy atom. The topological polar surface area (TPSA) is 12.0 Å². The Balaban J connectivity index is 2.05. The van der Waals surface area contributed by atoms with Crippen molar-refractivity contribution in [2.24, 2.45) is 5.92 Å². The van der Waals surface area contributed by atoms with E-state index in [1.54, 1.807) is 0 Å². The van der Waals surface area contributed by atoms with Gasteiger partial charge in [-0.15, -0.1) is 0 Å². The Morgan fingerprint density at radius 3 is 2.33 bits per heavy atom. The molecule has 1 nitrogen and oxygen atoms in total. The summed E-state index contributed by atoms with van der Waals surface area (Å²) in [6, 6.07) is 0.803. The Morgan fingerprint density at radius 2 is 1.67 bits per heavy atom. The van der Waals surface area contributed by atoms with Crippen molar-refractivity contribution in [3.63, 3.8) is 0 Å². The summed E-state index contributed by atoms with van der Waals surface area (Å²) in [5.74, 6) is 1.06. The third-order valence-corrected chi connectivity index (χ3v) is 4.55. The maximum Gasteiger partial charge on any atom is 0.00670 e. The van der Waals surface area contributed by atoms with Gasteiger partial charge < -0.3 is 5.32 Å². The van der Waals surface area contributed by atoms with Crippen molar-refractivity contribution in [1.82, 2.24) is 5.32 Å². The van der Waals surface area contributed by atoms with E-state index in [0.29, 0.717) is 0 Å². The lowest BCUT2D eigenvalue weighted by molar-refractivity contribution is 0.384. The smallest absolute Gasteiger partial charge is 0.00670 e. The average molecular weight is 253 g/mol. The van der Waals surface area contributed by atoms with Crippen LogP contribution in [-0.2, 0) is 0 Å². The molecule has 1 saturated carbocycles. The van der Waals surface area contributed by atoms with E-state index in [1.165, 1.54) is 77.0 Å². The predicted octanol–water partition coefficient (Wildman–Crippen LogP) is 5.30. The molecule has 1 heteroatoms. The highest BCUT2D eigenvalue weighted by atomic mass is 14.9. The summed E-state index contributed by atoms with van der Waals surface area (Å²) in [6.45, 7) is 5.69. The van der Waals surface area contributed by atoms with E-state index in [9.17, 15) is 0 Å². The molecule has 1 aliphatic rings. The monoisotopic (exact) mass is 253 g/mol. The molecular weight excluding hydrogens is 218 g/mol. The van der Waals surface area contributed by atoms with E-state index in [1.807, 2.05) is 0 Å². The fraction of sp³-hybridized carbons (Fsp3) is 1.00. The summed E-state index contributed by atoms with van der Waals surface area (Å²) in [7, 11) is 0. The molecule has 0 aliphatic heterocycles. The third kappa shape index (κ3) is 7.41. The summed E-state index contributed by atoms with van der Waals surface area (Å²) in [6.07, 6.45) is 17.4. The van der Waals surface area contributed by atoms with Gasteiger partial charge in [0.2, 0.25) is 0 Å². The molecule has 0 spiro atoms. The van der Waals surface area contributed by atoms with E-state index < -0.39 is 0 Å². The van der Waals surface area contributed by atoms with E-state index in [4.69, 9.17) is 0 Å². The minimum atomic E-state index is 0.803. The van der Waals surface area contributed by atoms with Crippen LogP contribution >= 0.6 is 0 Å². The van der Waals surface area contributed by atoms with Crippen LogP contribution in [0.1, 0.15) is 90.9 Å². The first-order chi connectivity index (χ1) is 8.86. The van der Waals surface area contributed by atoms with E-state index >= 15 is 0 Å². The molecule has 0 saturated heterocycles. The molecule has 0 amide bonds. The van der Waals surface area contributed by atoms with Crippen molar-refractivity contribution in [2.45, 2.75) is 96.9 Å². The molecular formula is C17H35N. The molecule has 1 N–H and O–H groups in total. The molecule has 1 aliphatic carbocycles. The summed E-state index contributed by atoms with van der Waals surface area (Å²) >= 11 is 0. The molecule has 0 radical (unpaired) electrons. The Kier molecular flexibility index (Phi) is 9.65. The van der Waals surface area contributed by atoms with Crippen LogP contribution < -0.4 is 5.32 Å². The molecule has 0 aromatic rings. The first kappa shape index (κ1) is 16.0. The highest BCUT2D eigenvalue weighted by molar-refractivity contribution is 4.72. The summed E-state index contributed by atoms with van der Waals surface area (Å²) < 4.78 is 0. The van der Waals surface area contributed by atoms with Crippen LogP contribution in [0, 0.1) is 5.92 Å². The molecule has 0 bridgehead atoms. The lowest BCUT2D eigenvalue weighted by Gasteiger charge is -2.19. The van der Waals surface area contributed by atoms with Gasteiger partial charge in [0.15, 0.2) is 0 Å². The lowest BCUT2D eigenvalue weighted by Crippen LogP contribution is -2.29. The minimum absolute atomic E-state index is 0.803. The number of nitrogens with one attached hydrogen (secondary N) is 1. The maximum absolute atomic E-state index is 3.70. The second kappa shape index (κ2) is 10.8. The molecule has 1 atom stereocenters. The van der Waals surface area contributed by atoms with Crippen molar-refractivity contribution < 1.29 is 0 Å². The van der Waals surface area contributed by atoms with Gasteiger partial charge in [0.25, 0.3) is 0 Å². The molecule has 18 heavy (non-hydrogen) atoms. The Labute approximate surface area is 115 Å². The summed E-state index contributed by atoms with van der Waals surface area (Å²) in [5.41, 5.74) is 0. The van der Waals surface area contributed by atoms with Crippen molar-refractivity contribution in [1.29, 1.82) is 0 Å². The quantitative estimate of drug-likeness (QED) is 0.493. The number of rotatable bonds is 11. The van der Waals surface area contributed by atoms with E-state index in [0.717, 1.165) is 18.5 Å². The summed E-state index contributed by atoms with van der Waals surface area (Å²) in [4.78, 5) is 0.